The number of hydrogen-bond donors (Lipinski definition) is 3. The summed E-state index contributed by atoms with van der Waals surface area (Å²) in [6, 6.07) is 5.34. The van der Waals surface area contributed by atoms with Gasteiger partial charge in [-0.25, -0.2) is 4.79 Å². The third kappa shape index (κ3) is 4.91. The number of carbonyl (C=O) groups is 1. The molecule has 5 rings (SSSR count). The maximum Gasteiger partial charge on any atom is 0.317 e. The molecule has 9 nitrogen and oxygen atoms in total. The van der Waals surface area contributed by atoms with Crippen molar-refractivity contribution in [3.63, 3.8) is 0 Å². The van der Waals surface area contributed by atoms with Crippen molar-refractivity contribution in [3.05, 3.63) is 47.8 Å². The minimum absolute atomic E-state index is 0.0212. The van der Waals surface area contributed by atoms with Gasteiger partial charge in [-0.3, -0.25) is 0 Å². The molecule has 35 heavy (non-hydrogen) atoms. The highest BCUT2D eigenvalue weighted by atomic mass is 16.5. The molecular weight excluding hydrogens is 446 g/mol. The highest BCUT2D eigenvalue weighted by Gasteiger charge is 2.39. The van der Waals surface area contributed by atoms with E-state index in [1.807, 2.05) is 32.1 Å². The standard InChI is InChI=1S/C26H33N5O4/c1-15(2)34-23-11-8-16(13-21(23)27)25-29-24(30-35-25)20-7-3-6-19-18(20)9-10-22(19)28-26(33)31-12-4-5-17(32)14-31/h3,6-8,11,13,15,17-18,20,22,32H,4-5,9-10,12,14,27H2,1-2H3,(H,28,33)/t17-,18?,20?,22-/m0/s1. The van der Waals surface area contributed by atoms with E-state index in [9.17, 15) is 9.90 Å². The number of hydrogen-bond acceptors (Lipinski definition) is 7. The molecule has 186 valence electrons. The lowest BCUT2D eigenvalue weighted by molar-refractivity contribution is 0.0837. The minimum atomic E-state index is -0.436. The van der Waals surface area contributed by atoms with E-state index >= 15 is 0 Å². The summed E-state index contributed by atoms with van der Waals surface area (Å²) in [5.41, 5.74) is 8.61. The van der Waals surface area contributed by atoms with E-state index < -0.39 is 6.10 Å². The maximum absolute atomic E-state index is 12.8. The molecule has 0 bridgehead atoms. The smallest absolute Gasteiger partial charge is 0.317 e. The SMILES string of the molecule is CC(C)Oc1ccc(-c2nc(C3C=CC=C4C3CC[C@@H]4NC(=O)N3CCC[C@H](O)C3)no2)cc1N. The first kappa shape index (κ1) is 23.4. The third-order valence-corrected chi connectivity index (χ3v) is 6.98. The number of β-amino-alcohol motifs (C(OH)–C–C–N with tert-alkyl or cyclic N) is 1. The van der Waals surface area contributed by atoms with Gasteiger partial charge in [0.25, 0.3) is 5.89 Å². The van der Waals surface area contributed by atoms with Gasteiger partial charge in [0.2, 0.25) is 0 Å². The van der Waals surface area contributed by atoms with Gasteiger partial charge in [-0.2, -0.15) is 4.98 Å². The highest BCUT2D eigenvalue weighted by Crippen LogP contribution is 2.44. The average Bonchev–Trinajstić information content (AvgIpc) is 3.48. The number of aromatic nitrogens is 2. The number of anilines is 1. The zero-order valence-corrected chi connectivity index (χ0v) is 20.2. The fraction of sp³-hybridized carbons (Fsp3) is 0.500. The van der Waals surface area contributed by atoms with Crippen molar-refractivity contribution in [3.8, 4) is 17.2 Å². The van der Waals surface area contributed by atoms with Gasteiger partial charge in [-0.05, 0) is 69.2 Å². The number of fused-ring (bicyclic) bond motifs is 1. The van der Waals surface area contributed by atoms with Crippen molar-refractivity contribution in [2.45, 2.75) is 63.7 Å². The Morgan fingerprint density at radius 1 is 1.31 bits per heavy atom. The monoisotopic (exact) mass is 479 g/mol. The number of nitrogens with two attached hydrogens (primary N) is 1. The minimum Gasteiger partial charge on any atom is -0.489 e. The Kier molecular flexibility index (Phi) is 6.51. The first-order chi connectivity index (χ1) is 16.9. The summed E-state index contributed by atoms with van der Waals surface area (Å²) in [6.45, 7) is 4.98. The predicted molar refractivity (Wildman–Crippen MR) is 132 cm³/mol. The molecule has 2 aliphatic carbocycles. The molecule has 9 heteroatoms. The number of ether oxygens (including phenoxy) is 1. The molecule has 1 saturated carbocycles. The van der Waals surface area contributed by atoms with Crippen molar-refractivity contribution < 1.29 is 19.2 Å². The zero-order chi connectivity index (χ0) is 24.5. The Labute approximate surface area is 205 Å². The Hall–Kier alpha value is -3.33. The summed E-state index contributed by atoms with van der Waals surface area (Å²) in [6.07, 6.45) is 9.16. The van der Waals surface area contributed by atoms with E-state index in [-0.39, 0.29) is 30.0 Å². The lowest BCUT2D eigenvalue weighted by atomic mass is 9.83. The molecule has 0 spiro atoms. The number of rotatable bonds is 5. The number of piperidine rings is 1. The Bertz CT molecular complexity index is 1140. The summed E-state index contributed by atoms with van der Waals surface area (Å²) in [4.78, 5) is 19.2. The Morgan fingerprint density at radius 2 is 2.17 bits per heavy atom. The number of nitrogen functional groups attached to an aromatic ring is 1. The van der Waals surface area contributed by atoms with Crippen LogP contribution in [0.15, 0.2) is 46.5 Å². The number of nitrogens with one attached hydrogen (secondary N) is 1. The molecule has 2 heterocycles. The largest absolute Gasteiger partial charge is 0.489 e. The third-order valence-electron chi connectivity index (χ3n) is 6.98. The van der Waals surface area contributed by atoms with E-state index in [2.05, 4.69) is 27.6 Å². The van der Waals surface area contributed by atoms with Crippen LogP contribution in [0.3, 0.4) is 0 Å². The van der Waals surface area contributed by atoms with Gasteiger partial charge >= 0.3 is 6.03 Å². The molecule has 4 N–H and O–H groups in total. The van der Waals surface area contributed by atoms with E-state index in [0.29, 0.717) is 36.2 Å². The molecule has 1 aliphatic heterocycles. The summed E-state index contributed by atoms with van der Waals surface area (Å²) >= 11 is 0. The number of likely N-dealkylation sites (tertiary alicyclic amines) is 1. The number of carbonyl (C=O) groups excluding carboxylic acids is 1. The van der Waals surface area contributed by atoms with E-state index in [4.69, 9.17) is 15.0 Å². The second kappa shape index (κ2) is 9.73. The van der Waals surface area contributed by atoms with Gasteiger partial charge < -0.3 is 30.3 Å². The first-order valence-corrected chi connectivity index (χ1v) is 12.4. The van der Waals surface area contributed by atoms with Crippen LogP contribution in [0.2, 0.25) is 0 Å². The number of aliphatic hydroxyl groups excluding tert-OH is 1. The van der Waals surface area contributed by atoms with E-state index in [0.717, 1.165) is 31.2 Å². The predicted octanol–water partition coefficient (Wildman–Crippen LogP) is 3.63. The van der Waals surface area contributed by atoms with Crippen molar-refractivity contribution in [1.29, 1.82) is 0 Å². The second-order valence-electron chi connectivity index (χ2n) is 9.88. The van der Waals surface area contributed by atoms with Crippen LogP contribution in [0.4, 0.5) is 10.5 Å². The van der Waals surface area contributed by atoms with Crippen LogP contribution in [0, 0.1) is 5.92 Å². The number of allylic oxidation sites excluding steroid dienone is 3. The van der Waals surface area contributed by atoms with Crippen LogP contribution in [-0.2, 0) is 0 Å². The fourth-order valence-corrected chi connectivity index (χ4v) is 5.32. The van der Waals surface area contributed by atoms with Crippen LogP contribution in [0.5, 0.6) is 5.75 Å². The van der Waals surface area contributed by atoms with Crippen molar-refractivity contribution >= 4 is 11.7 Å². The first-order valence-electron chi connectivity index (χ1n) is 12.4. The Morgan fingerprint density at radius 3 is 2.94 bits per heavy atom. The Balaban J connectivity index is 1.27. The topological polar surface area (TPSA) is 127 Å². The normalized spacial score (nSPS) is 25.9. The van der Waals surface area contributed by atoms with Gasteiger partial charge in [-0.15, -0.1) is 0 Å². The summed E-state index contributed by atoms with van der Waals surface area (Å²) in [5, 5.41) is 17.4. The number of amides is 2. The van der Waals surface area contributed by atoms with Crippen molar-refractivity contribution in [1.82, 2.24) is 20.4 Å². The fourth-order valence-electron chi connectivity index (χ4n) is 5.32. The molecule has 1 saturated heterocycles. The molecule has 3 aliphatic rings. The lowest BCUT2D eigenvalue weighted by Crippen LogP contribution is -2.49. The maximum atomic E-state index is 12.8. The van der Waals surface area contributed by atoms with Crippen LogP contribution in [-0.4, -0.2) is 57.5 Å². The molecule has 1 aromatic heterocycles. The molecule has 2 fully saturated rings. The molecule has 1 aromatic carbocycles. The van der Waals surface area contributed by atoms with Gasteiger partial charge in [0.05, 0.1) is 23.9 Å². The molecule has 0 radical (unpaired) electrons. The van der Waals surface area contributed by atoms with Gasteiger partial charge in [0, 0.05) is 24.6 Å². The number of urea groups is 1. The summed E-state index contributed by atoms with van der Waals surface area (Å²) < 4.78 is 11.3. The lowest BCUT2D eigenvalue weighted by Gasteiger charge is -2.32. The number of nitrogens with zero attached hydrogens (tertiary/aromatic N) is 3. The van der Waals surface area contributed by atoms with Crippen LogP contribution >= 0.6 is 0 Å². The zero-order valence-electron chi connectivity index (χ0n) is 20.2. The van der Waals surface area contributed by atoms with Crippen LogP contribution in [0.25, 0.3) is 11.5 Å². The average molecular weight is 480 g/mol. The quantitative estimate of drug-likeness (QED) is 0.559. The highest BCUT2D eigenvalue weighted by molar-refractivity contribution is 5.75. The van der Waals surface area contributed by atoms with Crippen LogP contribution in [0.1, 0.15) is 51.3 Å². The van der Waals surface area contributed by atoms with Crippen LogP contribution < -0.4 is 15.8 Å². The molecule has 4 atom stereocenters. The molecule has 2 aromatic rings. The summed E-state index contributed by atoms with van der Waals surface area (Å²) in [7, 11) is 0. The van der Waals surface area contributed by atoms with Crippen molar-refractivity contribution in [2.75, 3.05) is 18.8 Å². The van der Waals surface area contributed by atoms with Gasteiger partial charge in [0.15, 0.2) is 5.82 Å². The van der Waals surface area contributed by atoms with E-state index in [1.54, 1.807) is 11.0 Å². The summed E-state index contributed by atoms with van der Waals surface area (Å²) in [5.74, 6) is 1.85. The molecule has 2 unspecified atom stereocenters. The second-order valence-corrected chi connectivity index (χ2v) is 9.88. The molecular formula is C26H33N5O4. The van der Waals surface area contributed by atoms with Crippen molar-refractivity contribution in [2.24, 2.45) is 5.92 Å². The molecule has 2 amide bonds. The van der Waals surface area contributed by atoms with Gasteiger partial charge in [0.1, 0.15) is 5.75 Å². The van der Waals surface area contributed by atoms with E-state index in [1.165, 1.54) is 5.57 Å². The van der Waals surface area contributed by atoms with Gasteiger partial charge in [-0.1, -0.05) is 23.4 Å². The number of aliphatic hydroxyl groups is 1. The number of benzene rings is 1.